The molecular formula is C16H30N2O. The van der Waals surface area contributed by atoms with Crippen molar-refractivity contribution in [2.24, 2.45) is 11.8 Å². The molecule has 1 saturated heterocycles. The van der Waals surface area contributed by atoms with Gasteiger partial charge in [0.25, 0.3) is 0 Å². The number of hydrogen-bond donors (Lipinski definition) is 1. The summed E-state index contributed by atoms with van der Waals surface area (Å²) in [5, 5.41) is 3.54. The average Bonchev–Trinajstić information content (AvgIpc) is 2.65. The maximum absolute atomic E-state index is 12.6. The maximum Gasteiger partial charge on any atom is 0.241 e. The van der Waals surface area contributed by atoms with Crippen LogP contribution >= 0.6 is 0 Å². The number of rotatable bonds is 4. The summed E-state index contributed by atoms with van der Waals surface area (Å²) in [6, 6.07) is 0.524. The van der Waals surface area contributed by atoms with E-state index in [1.54, 1.807) is 0 Å². The summed E-state index contributed by atoms with van der Waals surface area (Å²) in [4.78, 5) is 14.8. The van der Waals surface area contributed by atoms with Crippen molar-refractivity contribution >= 4 is 5.91 Å². The van der Waals surface area contributed by atoms with E-state index in [-0.39, 0.29) is 12.2 Å². The summed E-state index contributed by atoms with van der Waals surface area (Å²) in [5.74, 6) is 1.86. The molecule has 2 rings (SSSR count). The zero-order valence-electron chi connectivity index (χ0n) is 13.0. The Hall–Kier alpha value is -0.570. The molecule has 19 heavy (non-hydrogen) atoms. The van der Waals surface area contributed by atoms with E-state index in [1.807, 2.05) is 0 Å². The van der Waals surface area contributed by atoms with Gasteiger partial charge in [-0.25, -0.2) is 0 Å². The minimum absolute atomic E-state index is 0.0593. The SMILES string of the molecule is CCCC1NC(CC)C(=O)N1C1CC(C)CC(C)C1. The topological polar surface area (TPSA) is 32.3 Å². The van der Waals surface area contributed by atoms with Crippen LogP contribution in [0, 0.1) is 11.8 Å². The van der Waals surface area contributed by atoms with Crippen LogP contribution in [0.15, 0.2) is 0 Å². The van der Waals surface area contributed by atoms with Crippen molar-refractivity contribution in [3.63, 3.8) is 0 Å². The molecule has 110 valence electrons. The predicted octanol–water partition coefficient (Wildman–Crippen LogP) is 3.15. The van der Waals surface area contributed by atoms with Gasteiger partial charge < -0.3 is 4.90 Å². The highest BCUT2D eigenvalue weighted by Crippen LogP contribution is 2.34. The Morgan fingerprint density at radius 1 is 1.16 bits per heavy atom. The highest BCUT2D eigenvalue weighted by atomic mass is 16.2. The standard InChI is InChI=1S/C16H30N2O/c1-5-7-15-17-14(6-2)16(19)18(15)13-9-11(3)8-12(4)10-13/h11-15,17H,5-10H2,1-4H3. The third-order valence-corrected chi connectivity index (χ3v) is 4.80. The highest BCUT2D eigenvalue weighted by molar-refractivity contribution is 5.84. The van der Waals surface area contributed by atoms with E-state index in [4.69, 9.17) is 0 Å². The molecule has 1 aliphatic heterocycles. The summed E-state index contributed by atoms with van der Waals surface area (Å²) in [5.41, 5.74) is 0. The second-order valence-electron chi connectivity index (χ2n) is 6.75. The molecule has 0 spiro atoms. The van der Waals surface area contributed by atoms with Crippen molar-refractivity contribution in [2.75, 3.05) is 0 Å². The molecule has 2 aliphatic rings. The van der Waals surface area contributed by atoms with E-state index in [2.05, 4.69) is 37.9 Å². The molecule has 3 nitrogen and oxygen atoms in total. The van der Waals surface area contributed by atoms with Crippen LogP contribution in [0.1, 0.15) is 66.2 Å². The normalized spacial score (nSPS) is 39.9. The quantitative estimate of drug-likeness (QED) is 0.848. The fourth-order valence-electron chi connectivity index (χ4n) is 4.07. The second-order valence-corrected chi connectivity index (χ2v) is 6.75. The lowest BCUT2D eigenvalue weighted by atomic mass is 9.79. The summed E-state index contributed by atoms with van der Waals surface area (Å²) >= 11 is 0. The third-order valence-electron chi connectivity index (χ3n) is 4.80. The number of amides is 1. The van der Waals surface area contributed by atoms with Gasteiger partial charge in [0.1, 0.15) is 0 Å². The largest absolute Gasteiger partial charge is 0.323 e. The van der Waals surface area contributed by atoms with E-state index in [0.29, 0.717) is 11.9 Å². The maximum atomic E-state index is 12.6. The van der Waals surface area contributed by atoms with Crippen LogP contribution in [0.2, 0.25) is 0 Å². The molecule has 1 saturated carbocycles. The molecule has 1 N–H and O–H groups in total. The minimum atomic E-state index is 0.0593. The van der Waals surface area contributed by atoms with Gasteiger partial charge in [0.2, 0.25) is 5.91 Å². The Balaban J connectivity index is 2.12. The molecule has 1 amide bonds. The Labute approximate surface area is 118 Å². The van der Waals surface area contributed by atoms with Crippen LogP contribution < -0.4 is 5.32 Å². The smallest absolute Gasteiger partial charge is 0.241 e. The van der Waals surface area contributed by atoms with Gasteiger partial charge in [0.15, 0.2) is 0 Å². The summed E-state index contributed by atoms with van der Waals surface area (Å²) in [7, 11) is 0. The van der Waals surface area contributed by atoms with Crippen LogP contribution in [-0.4, -0.2) is 29.1 Å². The molecule has 0 aromatic rings. The number of nitrogens with one attached hydrogen (secondary N) is 1. The number of hydrogen-bond acceptors (Lipinski definition) is 2. The molecule has 1 aliphatic carbocycles. The van der Waals surface area contributed by atoms with Crippen LogP contribution in [-0.2, 0) is 4.79 Å². The fraction of sp³-hybridized carbons (Fsp3) is 0.938. The van der Waals surface area contributed by atoms with E-state index < -0.39 is 0 Å². The second kappa shape index (κ2) is 6.25. The number of nitrogens with zero attached hydrogens (tertiary/aromatic N) is 1. The first-order chi connectivity index (χ1) is 9.06. The van der Waals surface area contributed by atoms with Gasteiger partial charge in [-0.15, -0.1) is 0 Å². The monoisotopic (exact) mass is 266 g/mol. The van der Waals surface area contributed by atoms with Crippen LogP contribution in [0.5, 0.6) is 0 Å². The molecule has 0 aromatic heterocycles. The first-order valence-corrected chi connectivity index (χ1v) is 8.15. The fourth-order valence-corrected chi connectivity index (χ4v) is 4.07. The Morgan fingerprint density at radius 2 is 1.79 bits per heavy atom. The zero-order valence-corrected chi connectivity index (χ0v) is 13.0. The minimum Gasteiger partial charge on any atom is -0.323 e. The van der Waals surface area contributed by atoms with Crippen molar-refractivity contribution in [2.45, 2.75) is 84.5 Å². The molecule has 1 heterocycles. The Kier molecular flexibility index (Phi) is 4.88. The van der Waals surface area contributed by atoms with Crippen molar-refractivity contribution < 1.29 is 4.79 Å². The summed E-state index contributed by atoms with van der Waals surface area (Å²) in [6.07, 6.45) is 7.11. The zero-order chi connectivity index (χ0) is 14.0. The first kappa shape index (κ1) is 14.8. The van der Waals surface area contributed by atoms with E-state index in [1.165, 1.54) is 19.3 Å². The van der Waals surface area contributed by atoms with Crippen LogP contribution in [0.3, 0.4) is 0 Å². The number of carbonyl (C=O) groups is 1. The van der Waals surface area contributed by atoms with Crippen molar-refractivity contribution in [1.82, 2.24) is 10.2 Å². The number of carbonyl (C=O) groups excluding carboxylic acids is 1. The molecular weight excluding hydrogens is 236 g/mol. The van der Waals surface area contributed by atoms with Crippen LogP contribution in [0.25, 0.3) is 0 Å². The van der Waals surface area contributed by atoms with Crippen molar-refractivity contribution in [3.05, 3.63) is 0 Å². The van der Waals surface area contributed by atoms with Gasteiger partial charge in [-0.05, 0) is 43.9 Å². The summed E-state index contributed by atoms with van der Waals surface area (Å²) in [6.45, 7) is 8.98. The predicted molar refractivity (Wildman–Crippen MR) is 78.7 cm³/mol. The van der Waals surface area contributed by atoms with Gasteiger partial charge >= 0.3 is 0 Å². The highest BCUT2D eigenvalue weighted by Gasteiger charge is 2.42. The van der Waals surface area contributed by atoms with Gasteiger partial charge in [0.05, 0.1) is 12.2 Å². The van der Waals surface area contributed by atoms with Crippen LogP contribution in [0.4, 0.5) is 0 Å². The van der Waals surface area contributed by atoms with E-state index in [9.17, 15) is 4.79 Å². The lowest BCUT2D eigenvalue weighted by Gasteiger charge is -2.39. The van der Waals surface area contributed by atoms with Crippen molar-refractivity contribution in [3.8, 4) is 0 Å². The average molecular weight is 266 g/mol. The van der Waals surface area contributed by atoms with E-state index in [0.717, 1.165) is 31.1 Å². The molecule has 0 radical (unpaired) electrons. The Bertz CT molecular complexity index is 308. The molecule has 3 heteroatoms. The van der Waals surface area contributed by atoms with Crippen molar-refractivity contribution in [1.29, 1.82) is 0 Å². The van der Waals surface area contributed by atoms with Gasteiger partial charge in [-0.3, -0.25) is 10.1 Å². The lowest BCUT2D eigenvalue weighted by molar-refractivity contribution is -0.133. The van der Waals surface area contributed by atoms with E-state index >= 15 is 0 Å². The molecule has 0 aromatic carbocycles. The lowest BCUT2D eigenvalue weighted by Crippen LogP contribution is -2.47. The molecule has 4 atom stereocenters. The molecule has 0 bridgehead atoms. The van der Waals surface area contributed by atoms with Gasteiger partial charge in [0, 0.05) is 6.04 Å². The molecule has 2 fully saturated rings. The first-order valence-electron chi connectivity index (χ1n) is 8.15. The van der Waals surface area contributed by atoms with Gasteiger partial charge in [-0.1, -0.05) is 34.1 Å². The Morgan fingerprint density at radius 3 is 2.32 bits per heavy atom. The third kappa shape index (κ3) is 3.13. The summed E-state index contributed by atoms with van der Waals surface area (Å²) < 4.78 is 0. The molecule has 4 unspecified atom stereocenters. The van der Waals surface area contributed by atoms with Gasteiger partial charge in [-0.2, -0.15) is 0 Å².